The Labute approximate surface area is 181 Å². The fourth-order valence-electron chi connectivity index (χ4n) is 2.67. The minimum atomic E-state index is -2.86. The maximum absolute atomic E-state index is 12.5. The number of nitrogens with zero attached hydrogens (tertiary/aromatic N) is 4. The van der Waals surface area contributed by atoms with Gasteiger partial charge in [-0.1, -0.05) is 35.5 Å². The molecule has 0 aliphatic carbocycles. The summed E-state index contributed by atoms with van der Waals surface area (Å²) in [5.74, 6) is 0.859. The lowest BCUT2D eigenvalue weighted by molar-refractivity contribution is -0.127. The van der Waals surface area contributed by atoms with E-state index in [1.54, 1.807) is 36.2 Å². The Kier molecular flexibility index (Phi) is 7.28. The van der Waals surface area contributed by atoms with E-state index in [2.05, 4.69) is 14.9 Å². The minimum Gasteiger partial charge on any atom is -0.435 e. The number of thioether (sulfide) groups is 1. The standard InChI is InChI=1S/C20H19ClF2N4O2S/c1-26(11-13-3-9-16(10-4-13)29-19(22)23)17(28)12-30-20-25-24-18(27(20)2)14-5-7-15(21)8-6-14/h3-10,19H,11-12H2,1-2H3. The Morgan fingerprint density at radius 2 is 1.83 bits per heavy atom. The summed E-state index contributed by atoms with van der Waals surface area (Å²) in [5.41, 5.74) is 1.69. The van der Waals surface area contributed by atoms with E-state index in [9.17, 15) is 13.6 Å². The van der Waals surface area contributed by atoms with Gasteiger partial charge in [0.15, 0.2) is 11.0 Å². The van der Waals surface area contributed by atoms with Crippen molar-refractivity contribution >= 4 is 29.3 Å². The van der Waals surface area contributed by atoms with Crippen molar-refractivity contribution in [3.8, 4) is 17.1 Å². The predicted octanol–water partition coefficient (Wildman–Crippen LogP) is 4.49. The number of rotatable bonds is 8. The van der Waals surface area contributed by atoms with Crippen LogP contribution >= 0.6 is 23.4 Å². The van der Waals surface area contributed by atoms with Crippen LogP contribution in [0.2, 0.25) is 5.02 Å². The van der Waals surface area contributed by atoms with Gasteiger partial charge in [0.1, 0.15) is 5.75 Å². The number of hydrogen-bond donors (Lipinski definition) is 0. The zero-order valence-corrected chi connectivity index (χ0v) is 17.8. The first-order valence-electron chi connectivity index (χ1n) is 8.89. The first-order chi connectivity index (χ1) is 14.3. The number of carbonyl (C=O) groups excluding carboxylic acids is 1. The molecule has 0 unspecified atom stereocenters. The van der Waals surface area contributed by atoms with Crippen molar-refractivity contribution in [2.75, 3.05) is 12.8 Å². The molecule has 0 radical (unpaired) electrons. The fraction of sp³-hybridized carbons (Fsp3) is 0.250. The summed E-state index contributed by atoms with van der Waals surface area (Å²) in [5, 5.41) is 9.61. The van der Waals surface area contributed by atoms with E-state index in [1.165, 1.54) is 23.9 Å². The van der Waals surface area contributed by atoms with Crippen molar-refractivity contribution in [1.82, 2.24) is 19.7 Å². The van der Waals surface area contributed by atoms with Gasteiger partial charge in [0.25, 0.3) is 0 Å². The van der Waals surface area contributed by atoms with Gasteiger partial charge in [-0.2, -0.15) is 8.78 Å². The quantitative estimate of drug-likeness (QED) is 0.471. The molecule has 1 amide bonds. The Bertz CT molecular complexity index is 997. The summed E-state index contributed by atoms with van der Waals surface area (Å²) in [6.45, 7) is -2.51. The van der Waals surface area contributed by atoms with Gasteiger partial charge in [0.05, 0.1) is 5.75 Å². The number of carbonyl (C=O) groups is 1. The zero-order valence-electron chi connectivity index (χ0n) is 16.3. The van der Waals surface area contributed by atoms with Crippen LogP contribution in [0.5, 0.6) is 5.75 Å². The van der Waals surface area contributed by atoms with Crippen LogP contribution in [0.4, 0.5) is 8.78 Å². The number of amides is 1. The molecule has 0 N–H and O–H groups in total. The summed E-state index contributed by atoms with van der Waals surface area (Å²) >= 11 is 7.21. The largest absolute Gasteiger partial charge is 0.435 e. The molecule has 6 nitrogen and oxygen atoms in total. The molecule has 3 aromatic rings. The highest BCUT2D eigenvalue weighted by molar-refractivity contribution is 7.99. The van der Waals surface area contributed by atoms with Crippen molar-refractivity contribution in [2.45, 2.75) is 18.3 Å². The molecular formula is C20H19ClF2N4O2S. The highest BCUT2D eigenvalue weighted by atomic mass is 35.5. The average molecular weight is 453 g/mol. The molecule has 158 valence electrons. The van der Waals surface area contributed by atoms with Crippen molar-refractivity contribution in [1.29, 1.82) is 0 Å². The molecule has 30 heavy (non-hydrogen) atoms. The summed E-state index contributed by atoms with van der Waals surface area (Å²) < 4.78 is 30.6. The fourth-order valence-corrected chi connectivity index (χ4v) is 3.64. The zero-order chi connectivity index (χ0) is 21.7. The van der Waals surface area contributed by atoms with Gasteiger partial charge >= 0.3 is 6.61 Å². The lowest BCUT2D eigenvalue weighted by Crippen LogP contribution is -2.27. The third kappa shape index (κ3) is 5.70. The second-order valence-electron chi connectivity index (χ2n) is 6.43. The molecule has 0 saturated carbocycles. The van der Waals surface area contributed by atoms with Crippen LogP contribution in [0.3, 0.4) is 0 Å². The molecule has 1 heterocycles. The molecule has 0 bridgehead atoms. The van der Waals surface area contributed by atoms with Gasteiger partial charge < -0.3 is 14.2 Å². The van der Waals surface area contributed by atoms with Gasteiger partial charge in [0, 0.05) is 31.2 Å². The van der Waals surface area contributed by atoms with Crippen molar-refractivity contribution in [3.05, 3.63) is 59.1 Å². The predicted molar refractivity (Wildman–Crippen MR) is 112 cm³/mol. The maximum atomic E-state index is 12.5. The van der Waals surface area contributed by atoms with Crippen molar-refractivity contribution in [2.24, 2.45) is 7.05 Å². The van der Waals surface area contributed by atoms with Crippen LogP contribution in [0.25, 0.3) is 11.4 Å². The van der Waals surface area contributed by atoms with Gasteiger partial charge in [-0.15, -0.1) is 10.2 Å². The highest BCUT2D eigenvalue weighted by Gasteiger charge is 2.15. The molecule has 2 aromatic carbocycles. The minimum absolute atomic E-state index is 0.0806. The summed E-state index contributed by atoms with van der Waals surface area (Å²) in [4.78, 5) is 14.0. The van der Waals surface area contributed by atoms with Gasteiger partial charge in [-0.25, -0.2) is 0 Å². The lowest BCUT2D eigenvalue weighted by atomic mass is 10.2. The van der Waals surface area contributed by atoms with E-state index in [0.717, 1.165) is 11.1 Å². The van der Waals surface area contributed by atoms with Gasteiger partial charge in [-0.05, 0) is 42.0 Å². The van der Waals surface area contributed by atoms with E-state index in [1.807, 2.05) is 23.7 Å². The van der Waals surface area contributed by atoms with Crippen LogP contribution in [0, 0.1) is 0 Å². The van der Waals surface area contributed by atoms with Crippen LogP contribution in [0.1, 0.15) is 5.56 Å². The van der Waals surface area contributed by atoms with Crippen LogP contribution < -0.4 is 4.74 Å². The normalized spacial score (nSPS) is 11.0. The number of hydrogen-bond acceptors (Lipinski definition) is 5. The molecule has 0 fully saturated rings. The summed E-state index contributed by atoms with van der Waals surface area (Å²) in [6.07, 6.45) is 0. The monoisotopic (exact) mass is 452 g/mol. The van der Waals surface area contributed by atoms with Crippen LogP contribution in [0.15, 0.2) is 53.7 Å². The third-order valence-electron chi connectivity index (χ3n) is 4.26. The number of aromatic nitrogens is 3. The molecule has 0 aliphatic rings. The number of ether oxygens (including phenoxy) is 1. The second kappa shape index (κ2) is 9.90. The highest BCUT2D eigenvalue weighted by Crippen LogP contribution is 2.24. The maximum Gasteiger partial charge on any atom is 0.387 e. The SMILES string of the molecule is CN(Cc1ccc(OC(F)F)cc1)C(=O)CSc1nnc(-c2ccc(Cl)cc2)n1C. The van der Waals surface area contributed by atoms with Crippen molar-refractivity contribution in [3.63, 3.8) is 0 Å². The topological polar surface area (TPSA) is 60.2 Å². The smallest absolute Gasteiger partial charge is 0.387 e. The Hall–Kier alpha value is -2.65. The van der Waals surface area contributed by atoms with Crippen LogP contribution in [-0.2, 0) is 18.4 Å². The van der Waals surface area contributed by atoms with E-state index < -0.39 is 6.61 Å². The third-order valence-corrected chi connectivity index (χ3v) is 5.51. The molecule has 0 aliphatic heterocycles. The van der Waals surface area contributed by atoms with Crippen molar-refractivity contribution < 1.29 is 18.3 Å². The molecule has 0 spiro atoms. The molecule has 10 heteroatoms. The number of benzene rings is 2. The summed E-state index contributed by atoms with van der Waals surface area (Å²) in [7, 11) is 3.52. The Morgan fingerprint density at radius 1 is 1.17 bits per heavy atom. The Morgan fingerprint density at radius 3 is 2.47 bits per heavy atom. The van der Waals surface area contributed by atoms with E-state index >= 15 is 0 Å². The number of alkyl halides is 2. The average Bonchev–Trinajstić information content (AvgIpc) is 3.08. The van der Waals surface area contributed by atoms with E-state index in [0.29, 0.717) is 22.5 Å². The first-order valence-corrected chi connectivity index (χ1v) is 10.3. The molecule has 0 saturated heterocycles. The number of halogens is 3. The molecular weight excluding hydrogens is 434 g/mol. The molecule has 3 rings (SSSR count). The first kappa shape index (κ1) is 22.0. The second-order valence-corrected chi connectivity index (χ2v) is 7.81. The van der Waals surface area contributed by atoms with E-state index in [-0.39, 0.29) is 17.4 Å². The molecule has 0 atom stereocenters. The lowest BCUT2D eigenvalue weighted by Gasteiger charge is -2.17. The Balaban J connectivity index is 1.55. The summed E-state index contributed by atoms with van der Waals surface area (Å²) in [6, 6.07) is 13.5. The van der Waals surface area contributed by atoms with Crippen LogP contribution in [-0.4, -0.2) is 45.0 Å². The molecule has 1 aromatic heterocycles. The van der Waals surface area contributed by atoms with Gasteiger partial charge in [-0.3, -0.25) is 4.79 Å². The van der Waals surface area contributed by atoms with E-state index in [4.69, 9.17) is 11.6 Å². The van der Waals surface area contributed by atoms with Gasteiger partial charge in [0.2, 0.25) is 5.91 Å².